The van der Waals surface area contributed by atoms with E-state index in [1.165, 1.54) is 26.4 Å². The van der Waals surface area contributed by atoms with Gasteiger partial charge in [-0.2, -0.15) is 0 Å². The maximum atomic E-state index is 10.6. The lowest BCUT2D eigenvalue weighted by Crippen LogP contribution is -1.96. The number of hydrogen-bond donors (Lipinski definition) is 0. The van der Waals surface area contributed by atoms with Gasteiger partial charge in [-0.1, -0.05) is 25.0 Å². The molecule has 0 spiro atoms. The molecule has 0 saturated heterocycles. The van der Waals surface area contributed by atoms with E-state index >= 15 is 0 Å². The molecule has 2 nitrogen and oxygen atoms in total. The molecule has 1 rings (SSSR count). The van der Waals surface area contributed by atoms with E-state index in [4.69, 9.17) is 0 Å². The van der Waals surface area contributed by atoms with Crippen molar-refractivity contribution in [3.05, 3.63) is 12.2 Å². The Balaban J connectivity index is 1.93. The molecule has 0 radical (unpaired) electrons. The fraction of sp³-hybridized carbons (Fsp3) is 0.700. The van der Waals surface area contributed by atoms with Crippen molar-refractivity contribution >= 4 is 5.97 Å². The Morgan fingerprint density at radius 2 is 2.25 bits per heavy atom. The molecule has 0 unspecified atom stereocenters. The molecular formula is C10H16O2. The third kappa shape index (κ3) is 4.16. The fourth-order valence-electron chi connectivity index (χ4n) is 1.12. The van der Waals surface area contributed by atoms with E-state index in [9.17, 15) is 4.79 Å². The second kappa shape index (κ2) is 4.96. The third-order valence-corrected chi connectivity index (χ3v) is 2.12. The quantitative estimate of drug-likeness (QED) is 0.465. The van der Waals surface area contributed by atoms with Gasteiger partial charge in [0, 0.05) is 0 Å². The van der Waals surface area contributed by atoms with Crippen LogP contribution in [0, 0.1) is 5.92 Å². The molecule has 0 aromatic rings. The smallest absolute Gasteiger partial charge is 0.309 e. The monoisotopic (exact) mass is 168 g/mol. The van der Waals surface area contributed by atoms with Crippen molar-refractivity contribution in [1.82, 2.24) is 0 Å². The molecule has 0 heterocycles. The van der Waals surface area contributed by atoms with Gasteiger partial charge < -0.3 is 4.74 Å². The van der Waals surface area contributed by atoms with Crippen LogP contribution >= 0.6 is 0 Å². The van der Waals surface area contributed by atoms with Crippen LogP contribution in [0.1, 0.15) is 32.1 Å². The highest BCUT2D eigenvalue weighted by Gasteiger charge is 2.19. The zero-order chi connectivity index (χ0) is 8.81. The summed E-state index contributed by atoms with van der Waals surface area (Å²) >= 11 is 0. The number of hydrogen-bond acceptors (Lipinski definition) is 2. The van der Waals surface area contributed by atoms with Crippen molar-refractivity contribution in [2.75, 3.05) is 7.11 Å². The number of esters is 1. The molecular weight excluding hydrogens is 152 g/mol. The number of methoxy groups -OCH3 is 1. The molecule has 2 heteroatoms. The first-order valence-electron chi connectivity index (χ1n) is 4.54. The number of carbonyl (C=O) groups is 1. The standard InChI is InChI=1S/C10H16O2/c1-12-10(11)6-4-2-3-5-9-7-8-9/h2,4,9H,3,5-8H2,1H3. The van der Waals surface area contributed by atoms with E-state index in [0.29, 0.717) is 6.42 Å². The molecule has 0 aromatic heterocycles. The minimum Gasteiger partial charge on any atom is -0.469 e. The van der Waals surface area contributed by atoms with Crippen LogP contribution < -0.4 is 0 Å². The molecule has 0 amide bonds. The van der Waals surface area contributed by atoms with E-state index < -0.39 is 0 Å². The van der Waals surface area contributed by atoms with Crippen LogP contribution in [0.25, 0.3) is 0 Å². The fourth-order valence-corrected chi connectivity index (χ4v) is 1.12. The van der Waals surface area contributed by atoms with Gasteiger partial charge in [-0.05, 0) is 18.8 Å². The molecule has 68 valence electrons. The van der Waals surface area contributed by atoms with Gasteiger partial charge in [-0.25, -0.2) is 0 Å². The van der Waals surface area contributed by atoms with Gasteiger partial charge in [-0.3, -0.25) is 4.79 Å². The second-order valence-electron chi connectivity index (χ2n) is 3.27. The molecule has 0 bridgehead atoms. The molecule has 0 aromatic carbocycles. The van der Waals surface area contributed by atoms with E-state index in [1.807, 2.05) is 6.08 Å². The summed E-state index contributed by atoms with van der Waals surface area (Å²) in [5.74, 6) is 0.824. The van der Waals surface area contributed by atoms with Crippen molar-refractivity contribution in [3.8, 4) is 0 Å². The summed E-state index contributed by atoms with van der Waals surface area (Å²) in [5.41, 5.74) is 0. The Kier molecular flexibility index (Phi) is 3.85. The Morgan fingerprint density at radius 3 is 2.83 bits per heavy atom. The summed E-state index contributed by atoms with van der Waals surface area (Å²) in [5, 5.41) is 0. The SMILES string of the molecule is COC(=O)CC=CCCC1CC1. The average molecular weight is 168 g/mol. The predicted octanol–water partition coefficient (Wildman–Crippen LogP) is 2.30. The summed E-state index contributed by atoms with van der Waals surface area (Å²) in [7, 11) is 1.42. The highest BCUT2D eigenvalue weighted by atomic mass is 16.5. The minimum absolute atomic E-state index is 0.155. The molecule has 0 aliphatic heterocycles. The Bertz CT molecular complexity index is 169. The first-order chi connectivity index (χ1) is 5.83. The molecule has 1 saturated carbocycles. The van der Waals surface area contributed by atoms with Crippen molar-refractivity contribution in [2.45, 2.75) is 32.1 Å². The van der Waals surface area contributed by atoms with Crippen LogP contribution in [-0.4, -0.2) is 13.1 Å². The van der Waals surface area contributed by atoms with Crippen molar-refractivity contribution in [2.24, 2.45) is 5.92 Å². The molecule has 1 aliphatic carbocycles. The van der Waals surface area contributed by atoms with Crippen LogP contribution in [0.3, 0.4) is 0 Å². The van der Waals surface area contributed by atoms with E-state index in [0.717, 1.165) is 12.3 Å². The van der Waals surface area contributed by atoms with Gasteiger partial charge in [0.1, 0.15) is 0 Å². The predicted molar refractivity (Wildman–Crippen MR) is 47.7 cm³/mol. The molecule has 1 aliphatic rings. The van der Waals surface area contributed by atoms with Gasteiger partial charge in [0.05, 0.1) is 13.5 Å². The Morgan fingerprint density at radius 1 is 1.50 bits per heavy atom. The van der Waals surface area contributed by atoms with E-state index in [-0.39, 0.29) is 5.97 Å². The first-order valence-corrected chi connectivity index (χ1v) is 4.54. The van der Waals surface area contributed by atoms with Crippen molar-refractivity contribution in [1.29, 1.82) is 0 Å². The maximum absolute atomic E-state index is 10.6. The third-order valence-electron chi connectivity index (χ3n) is 2.12. The normalized spacial score (nSPS) is 16.8. The van der Waals surface area contributed by atoms with Crippen molar-refractivity contribution < 1.29 is 9.53 Å². The maximum Gasteiger partial charge on any atom is 0.309 e. The van der Waals surface area contributed by atoms with Crippen LogP contribution in [0.4, 0.5) is 0 Å². The summed E-state index contributed by atoms with van der Waals surface area (Å²) in [4.78, 5) is 10.6. The highest BCUT2D eigenvalue weighted by molar-refractivity contribution is 5.70. The molecule has 12 heavy (non-hydrogen) atoms. The zero-order valence-corrected chi connectivity index (χ0v) is 7.58. The lowest BCUT2D eigenvalue weighted by Gasteiger charge is -1.92. The summed E-state index contributed by atoms with van der Waals surface area (Å²) < 4.78 is 4.50. The van der Waals surface area contributed by atoms with Crippen molar-refractivity contribution in [3.63, 3.8) is 0 Å². The molecule has 1 fully saturated rings. The Hall–Kier alpha value is -0.790. The number of allylic oxidation sites excluding steroid dienone is 1. The van der Waals surface area contributed by atoms with Gasteiger partial charge >= 0.3 is 5.97 Å². The van der Waals surface area contributed by atoms with Gasteiger partial charge in [0.25, 0.3) is 0 Å². The van der Waals surface area contributed by atoms with E-state index in [2.05, 4.69) is 10.8 Å². The second-order valence-corrected chi connectivity index (χ2v) is 3.27. The van der Waals surface area contributed by atoms with Gasteiger partial charge in [0.15, 0.2) is 0 Å². The van der Waals surface area contributed by atoms with Gasteiger partial charge in [0.2, 0.25) is 0 Å². The van der Waals surface area contributed by atoms with E-state index in [1.54, 1.807) is 0 Å². The minimum atomic E-state index is -0.155. The average Bonchev–Trinajstić information content (AvgIpc) is 2.87. The Labute approximate surface area is 73.6 Å². The first kappa shape index (κ1) is 9.30. The molecule has 0 atom stereocenters. The lowest BCUT2D eigenvalue weighted by molar-refractivity contribution is -0.139. The number of rotatable bonds is 5. The van der Waals surface area contributed by atoms with Crippen LogP contribution in [0.5, 0.6) is 0 Å². The summed E-state index contributed by atoms with van der Waals surface area (Å²) in [6.07, 6.45) is 9.61. The topological polar surface area (TPSA) is 26.3 Å². The summed E-state index contributed by atoms with van der Waals surface area (Å²) in [6.45, 7) is 0. The lowest BCUT2D eigenvalue weighted by atomic mass is 10.2. The zero-order valence-electron chi connectivity index (χ0n) is 7.58. The van der Waals surface area contributed by atoms with Gasteiger partial charge in [-0.15, -0.1) is 0 Å². The highest BCUT2D eigenvalue weighted by Crippen LogP contribution is 2.33. The number of carbonyl (C=O) groups excluding carboxylic acids is 1. The van der Waals surface area contributed by atoms with Crippen LogP contribution in [-0.2, 0) is 9.53 Å². The number of ether oxygens (including phenoxy) is 1. The van der Waals surface area contributed by atoms with Crippen LogP contribution in [0.2, 0.25) is 0 Å². The largest absolute Gasteiger partial charge is 0.469 e. The summed E-state index contributed by atoms with van der Waals surface area (Å²) in [6, 6.07) is 0. The molecule has 0 N–H and O–H groups in total. The van der Waals surface area contributed by atoms with Crippen LogP contribution in [0.15, 0.2) is 12.2 Å².